The third-order valence-electron chi connectivity index (χ3n) is 2.67. The van der Waals surface area contributed by atoms with E-state index in [-0.39, 0.29) is 17.7 Å². The average molecular weight is 272 g/mol. The molecule has 0 saturated carbocycles. The number of hydrogen-bond acceptors (Lipinski definition) is 3. The molecule has 0 aliphatic rings. The van der Waals surface area contributed by atoms with Crippen molar-refractivity contribution in [3.05, 3.63) is 29.8 Å². The van der Waals surface area contributed by atoms with Crippen molar-refractivity contribution in [2.24, 2.45) is 5.73 Å². The summed E-state index contributed by atoms with van der Waals surface area (Å²) in [5.41, 5.74) is 6.12. The molecule has 0 aliphatic heterocycles. The number of carbonyl (C=O) groups excluding carboxylic acids is 1. The number of nitrogens with one attached hydrogen (secondary N) is 1. The highest BCUT2D eigenvalue weighted by molar-refractivity contribution is 5.94. The maximum absolute atomic E-state index is 11.9. The zero-order chi connectivity index (χ0) is 14.3. The second-order valence-electron chi connectivity index (χ2n) is 4.12. The summed E-state index contributed by atoms with van der Waals surface area (Å²) in [7, 11) is 0. The van der Waals surface area contributed by atoms with Crippen LogP contribution in [0.15, 0.2) is 24.3 Å². The van der Waals surface area contributed by atoms with E-state index in [2.05, 4.69) is 10.1 Å². The molecular formula is C13H18F2N2O2. The molecule has 0 fully saturated rings. The van der Waals surface area contributed by atoms with E-state index in [9.17, 15) is 13.6 Å². The Labute approximate surface area is 110 Å². The molecule has 1 atom stereocenters. The first-order valence-corrected chi connectivity index (χ1v) is 6.11. The normalized spacial score (nSPS) is 12.3. The zero-order valence-corrected chi connectivity index (χ0v) is 10.7. The van der Waals surface area contributed by atoms with Gasteiger partial charge in [0, 0.05) is 18.2 Å². The van der Waals surface area contributed by atoms with Gasteiger partial charge in [0.15, 0.2) is 0 Å². The summed E-state index contributed by atoms with van der Waals surface area (Å²) >= 11 is 0. The first-order chi connectivity index (χ1) is 9.02. The Morgan fingerprint density at radius 1 is 1.37 bits per heavy atom. The molecule has 106 valence electrons. The molecule has 0 bridgehead atoms. The Bertz CT molecular complexity index is 396. The second-order valence-corrected chi connectivity index (χ2v) is 4.12. The fourth-order valence-corrected chi connectivity index (χ4v) is 1.47. The van der Waals surface area contributed by atoms with Crippen LogP contribution in [-0.4, -0.2) is 25.1 Å². The third kappa shape index (κ3) is 5.65. The first kappa shape index (κ1) is 15.4. The number of halogens is 2. The smallest absolute Gasteiger partial charge is 0.387 e. The highest BCUT2D eigenvalue weighted by Crippen LogP contribution is 2.14. The number of carbonyl (C=O) groups is 1. The minimum absolute atomic E-state index is 0.0274. The largest absolute Gasteiger partial charge is 0.435 e. The summed E-state index contributed by atoms with van der Waals surface area (Å²) in [6, 6.07) is 5.61. The molecule has 0 aromatic heterocycles. The van der Waals surface area contributed by atoms with Gasteiger partial charge >= 0.3 is 6.61 Å². The van der Waals surface area contributed by atoms with Crippen LogP contribution in [0.5, 0.6) is 5.75 Å². The van der Waals surface area contributed by atoms with Crippen LogP contribution in [0.4, 0.5) is 8.78 Å². The molecule has 1 aromatic rings. The standard InChI is InChI=1S/C13H18F2N2O2/c1-2-10(16)7-8-17-12(18)9-3-5-11(6-4-9)19-13(14)15/h3-6,10,13H,2,7-8,16H2,1H3,(H,17,18). The van der Waals surface area contributed by atoms with Gasteiger partial charge in [0.1, 0.15) is 5.75 Å². The van der Waals surface area contributed by atoms with Gasteiger partial charge < -0.3 is 15.8 Å². The number of rotatable bonds is 7. The quantitative estimate of drug-likeness (QED) is 0.799. The lowest BCUT2D eigenvalue weighted by Gasteiger charge is -2.10. The van der Waals surface area contributed by atoms with Crippen molar-refractivity contribution in [2.45, 2.75) is 32.4 Å². The molecule has 19 heavy (non-hydrogen) atoms. The van der Waals surface area contributed by atoms with Crippen LogP contribution in [0.1, 0.15) is 30.1 Å². The van der Waals surface area contributed by atoms with Crippen molar-refractivity contribution in [2.75, 3.05) is 6.54 Å². The van der Waals surface area contributed by atoms with Crippen molar-refractivity contribution >= 4 is 5.91 Å². The van der Waals surface area contributed by atoms with Gasteiger partial charge in [-0.3, -0.25) is 4.79 Å². The summed E-state index contributed by atoms with van der Waals surface area (Å²) in [5, 5.41) is 2.72. The first-order valence-electron chi connectivity index (χ1n) is 6.11. The third-order valence-corrected chi connectivity index (χ3v) is 2.67. The van der Waals surface area contributed by atoms with Crippen LogP contribution in [0.25, 0.3) is 0 Å². The van der Waals surface area contributed by atoms with E-state index in [1.165, 1.54) is 24.3 Å². The molecule has 0 saturated heterocycles. The lowest BCUT2D eigenvalue weighted by atomic mass is 10.1. The van der Waals surface area contributed by atoms with E-state index < -0.39 is 6.61 Å². The number of benzene rings is 1. The van der Waals surface area contributed by atoms with Crippen molar-refractivity contribution in [3.63, 3.8) is 0 Å². The van der Waals surface area contributed by atoms with Gasteiger partial charge in [-0.05, 0) is 37.1 Å². The van der Waals surface area contributed by atoms with Crippen LogP contribution < -0.4 is 15.8 Å². The van der Waals surface area contributed by atoms with Crippen LogP contribution in [0, 0.1) is 0 Å². The Morgan fingerprint density at radius 3 is 2.53 bits per heavy atom. The van der Waals surface area contributed by atoms with Crippen molar-refractivity contribution in [1.82, 2.24) is 5.32 Å². The monoisotopic (exact) mass is 272 g/mol. The van der Waals surface area contributed by atoms with Crippen molar-refractivity contribution in [3.8, 4) is 5.75 Å². The Kier molecular flexibility index (Phi) is 6.21. The van der Waals surface area contributed by atoms with Crippen molar-refractivity contribution in [1.29, 1.82) is 0 Å². The van der Waals surface area contributed by atoms with Crippen LogP contribution in [0.3, 0.4) is 0 Å². The molecule has 4 nitrogen and oxygen atoms in total. The lowest BCUT2D eigenvalue weighted by molar-refractivity contribution is -0.0498. The predicted molar refractivity (Wildman–Crippen MR) is 68.3 cm³/mol. The Hall–Kier alpha value is -1.69. The summed E-state index contributed by atoms with van der Waals surface area (Å²) in [6.45, 7) is -0.396. The summed E-state index contributed by atoms with van der Waals surface area (Å²) in [5.74, 6) is -0.230. The zero-order valence-electron chi connectivity index (χ0n) is 10.7. The second kappa shape index (κ2) is 7.68. The number of ether oxygens (including phenoxy) is 1. The number of hydrogen-bond donors (Lipinski definition) is 2. The van der Waals surface area contributed by atoms with Gasteiger partial charge in [0.05, 0.1) is 0 Å². The average Bonchev–Trinajstić information content (AvgIpc) is 2.38. The molecule has 0 heterocycles. The maximum Gasteiger partial charge on any atom is 0.387 e. The van der Waals surface area contributed by atoms with Gasteiger partial charge in [0.25, 0.3) is 5.91 Å². The predicted octanol–water partition coefficient (Wildman–Crippen LogP) is 2.15. The fraction of sp³-hybridized carbons (Fsp3) is 0.462. The van der Waals surface area contributed by atoms with Crippen LogP contribution in [0.2, 0.25) is 0 Å². The van der Waals surface area contributed by atoms with Gasteiger partial charge in [-0.25, -0.2) is 0 Å². The summed E-state index contributed by atoms with van der Waals surface area (Å²) < 4.78 is 28.1. The number of alkyl halides is 2. The molecule has 0 radical (unpaired) electrons. The molecule has 1 aromatic carbocycles. The highest BCUT2D eigenvalue weighted by atomic mass is 19.3. The fourth-order valence-electron chi connectivity index (χ4n) is 1.47. The van der Waals surface area contributed by atoms with E-state index in [1.54, 1.807) is 0 Å². The molecular weight excluding hydrogens is 254 g/mol. The minimum Gasteiger partial charge on any atom is -0.435 e. The van der Waals surface area contributed by atoms with E-state index >= 15 is 0 Å². The minimum atomic E-state index is -2.87. The van der Waals surface area contributed by atoms with E-state index in [0.29, 0.717) is 18.5 Å². The SMILES string of the molecule is CCC(N)CCNC(=O)c1ccc(OC(F)F)cc1. The van der Waals surface area contributed by atoms with Gasteiger partial charge in [0.2, 0.25) is 0 Å². The summed E-state index contributed by atoms with van der Waals surface area (Å²) in [6.07, 6.45) is 1.56. The summed E-state index contributed by atoms with van der Waals surface area (Å²) in [4.78, 5) is 11.7. The van der Waals surface area contributed by atoms with Crippen molar-refractivity contribution < 1.29 is 18.3 Å². The molecule has 0 aliphatic carbocycles. The van der Waals surface area contributed by atoms with E-state index in [4.69, 9.17) is 5.73 Å². The lowest BCUT2D eigenvalue weighted by Crippen LogP contribution is -2.30. The topological polar surface area (TPSA) is 64.3 Å². The van der Waals surface area contributed by atoms with Crippen LogP contribution in [-0.2, 0) is 0 Å². The molecule has 1 amide bonds. The molecule has 6 heteroatoms. The molecule has 0 spiro atoms. The Balaban J connectivity index is 2.44. The molecule has 1 rings (SSSR count). The number of amides is 1. The van der Waals surface area contributed by atoms with Gasteiger partial charge in [-0.15, -0.1) is 0 Å². The Morgan fingerprint density at radius 2 is 2.00 bits per heavy atom. The van der Waals surface area contributed by atoms with Gasteiger partial charge in [-0.1, -0.05) is 6.92 Å². The molecule has 3 N–H and O–H groups in total. The number of nitrogens with two attached hydrogens (primary N) is 1. The van der Waals surface area contributed by atoms with E-state index in [1.807, 2.05) is 6.92 Å². The van der Waals surface area contributed by atoms with Crippen LogP contribution >= 0.6 is 0 Å². The highest BCUT2D eigenvalue weighted by Gasteiger charge is 2.08. The van der Waals surface area contributed by atoms with E-state index in [0.717, 1.165) is 6.42 Å². The molecule has 1 unspecified atom stereocenters. The maximum atomic E-state index is 11.9. The van der Waals surface area contributed by atoms with Gasteiger partial charge in [-0.2, -0.15) is 8.78 Å².